The highest BCUT2D eigenvalue weighted by Gasteiger charge is 2.40. The van der Waals surface area contributed by atoms with Crippen molar-refractivity contribution in [3.8, 4) is 5.88 Å². The summed E-state index contributed by atoms with van der Waals surface area (Å²) in [4.78, 5) is 45.4. The highest BCUT2D eigenvalue weighted by Crippen LogP contribution is 2.38. The molecular weight excluding hydrogens is 499 g/mol. The van der Waals surface area contributed by atoms with Crippen molar-refractivity contribution < 1.29 is 37.7 Å². The van der Waals surface area contributed by atoms with Gasteiger partial charge >= 0.3 is 12.2 Å². The fourth-order valence-electron chi connectivity index (χ4n) is 4.10. The van der Waals surface area contributed by atoms with Crippen molar-refractivity contribution in [2.24, 2.45) is 5.92 Å². The highest BCUT2D eigenvalue weighted by molar-refractivity contribution is 6.04. The largest absolute Gasteiger partial charge is 0.475 e. The van der Waals surface area contributed by atoms with Gasteiger partial charge < -0.3 is 19.8 Å². The van der Waals surface area contributed by atoms with E-state index in [1.54, 1.807) is 0 Å². The maximum atomic E-state index is 13.4. The minimum atomic E-state index is -4.53. The molecule has 15 heteroatoms. The van der Waals surface area contributed by atoms with Crippen LogP contribution < -0.4 is 19.9 Å². The first-order chi connectivity index (χ1) is 17.6. The van der Waals surface area contributed by atoms with Crippen LogP contribution in [0.15, 0.2) is 18.6 Å². The molecular formula is C22H26F3N7O5. The number of halogens is 3. The molecule has 0 spiro atoms. The van der Waals surface area contributed by atoms with Crippen LogP contribution in [0.4, 0.5) is 35.3 Å². The molecule has 0 radical (unpaired) electrons. The number of ether oxygens (including phenoxy) is 1. The first-order valence-corrected chi connectivity index (χ1v) is 11.6. The molecule has 2 amide bonds. The van der Waals surface area contributed by atoms with E-state index in [-0.39, 0.29) is 30.2 Å². The van der Waals surface area contributed by atoms with E-state index in [9.17, 15) is 27.9 Å². The van der Waals surface area contributed by atoms with Gasteiger partial charge in [-0.15, -0.1) is 0 Å². The van der Waals surface area contributed by atoms with Crippen molar-refractivity contribution in [3.05, 3.63) is 24.4 Å². The van der Waals surface area contributed by atoms with Crippen LogP contribution in [0, 0.1) is 5.92 Å². The number of piperidine rings is 1. The van der Waals surface area contributed by atoms with Gasteiger partial charge in [0.15, 0.2) is 11.6 Å². The molecule has 4 heterocycles. The molecule has 4 rings (SSSR count). The number of anilines is 3. The quantitative estimate of drug-likeness (QED) is 0.435. The lowest BCUT2D eigenvalue weighted by molar-refractivity contribution is -0.168. The topological polar surface area (TPSA) is 154 Å². The van der Waals surface area contributed by atoms with Gasteiger partial charge in [-0.1, -0.05) is 6.92 Å². The predicted octanol–water partition coefficient (Wildman–Crippen LogP) is 1.79. The van der Waals surface area contributed by atoms with E-state index in [0.717, 1.165) is 19.7 Å². The number of hydrogen-bond acceptors (Lipinski definition) is 10. The Morgan fingerprint density at radius 3 is 2.81 bits per heavy atom. The Balaban J connectivity index is 1.57. The zero-order valence-electron chi connectivity index (χ0n) is 19.9. The number of nitrogens with one attached hydrogen (secondary N) is 1. The number of aliphatic hydroxyl groups is 2. The number of alkyl halides is 3. The zero-order valence-corrected chi connectivity index (χ0v) is 19.9. The number of carbonyl (C=O) groups excluding carboxylic acids is 2. The van der Waals surface area contributed by atoms with Crippen LogP contribution in [-0.2, 0) is 0 Å². The summed E-state index contributed by atoms with van der Waals surface area (Å²) in [6.07, 6.45) is -2.51. The minimum Gasteiger partial charge on any atom is -0.475 e. The van der Waals surface area contributed by atoms with Gasteiger partial charge in [-0.2, -0.15) is 13.2 Å². The molecule has 1 fully saturated rings. The van der Waals surface area contributed by atoms with E-state index in [1.165, 1.54) is 17.2 Å². The lowest BCUT2D eigenvalue weighted by Crippen LogP contribution is -2.56. The number of Topliss-reactive ketones (excluding diaryl/α,β-unsaturated/α-hetero) is 1. The van der Waals surface area contributed by atoms with Gasteiger partial charge in [0, 0.05) is 25.6 Å². The molecule has 3 atom stereocenters. The van der Waals surface area contributed by atoms with Crippen LogP contribution in [-0.4, -0.2) is 86.6 Å². The van der Waals surface area contributed by atoms with Crippen molar-refractivity contribution in [1.29, 1.82) is 0 Å². The molecule has 2 bridgehead atoms. The zero-order chi connectivity index (χ0) is 26.7. The Morgan fingerprint density at radius 1 is 1.30 bits per heavy atom. The summed E-state index contributed by atoms with van der Waals surface area (Å²) in [6.45, 7) is 1.38. The maximum absolute atomic E-state index is 13.4. The third kappa shape index (κ3) is 6.05. The second kappa shape index (κ2) is 10.8. The molecule has 0 saturated carbocycles. The van der Waals surface area contributed by atoms with E-state index >= 15 is 0 Å². The molecule has 0 unspecified atom stereocenters. The van der Waals surface area contributed by atoms with Crippen LogP contribution in [0.5, 0.6) is 5.88 Å². The highest BCUT2D eigenvalue weighted by atomic mass is 19.4. The van der Waals surface area contributed by atoms with Crippen LogP contribution in [0.2, 0.25) is 0 Å². The molecule has 2 aromatic rings. The Hall–Kier alpha value is -3.59. The van der Waals surface area contributed by atoms with Gasteiger partial charge in [0.2, 0.25) is 11.7 Å². The van der Waals surface area contributed by atoms with Crippen molar-refractivity contribution in [1.82, 2.24) is 19.9 Å². The predicted molar refractivity (Wildman–Crippen MR) is 124 cm³/mol. The first-order valence-electron chi connectivity index (χ1n) is 11.6. The molecule has 0 aliphatic carbocycles. The second-order valence-corrected chi connectivity index (χ2v) is 8.90. The van der Waals surface area contributed by atoms with Crippen molar-refractivity contribution in [2.45, 2.75) is 44.5 Å². The summed E-state index contributed by atoms with van der Waals surface area (Å²) < 4.78 is 44.2. The van der Waals surface area contributed by atoms with Crippen molar-refractivity contribution in [2.75, 3.05) is 41.4 Å². The average Bonchev–Trinajstić information content (AvgIpc) is 2.86. The lowest BCUT2D eigenvalue weighted by atomic mass is 10.00. The number of aromatic nitrogens is 4. The van der Waals surface area contributed by atoms with E-state index in [1.807, 2.05) is 4.90 Å². The van der Waals surface area contributed by atoms with E-state index in [4.69, 9.17) is 9.84 Å². The Morgan fingerprint density at radius 2 is 2.08 bits per heavy atom. The Bertz CT molecular complexity index is 1150. The number of urea groups is 1. The molecule has 0 aromatic carbocycles. The average molecular weight is 525 g/mol. The van der Waals surface area contributed by atoms with Gasteiger partial charge in [-0.3, -0.25) is 15.0 Å². The third-order valence-corrected chi connectivity index (χ3v) is 6.11. The summed E-state index contributed by atoms with van der Waals surface area (Å²) in [5.41, 5.74) is 0.497. The monoisotopic (exact) mass is 525 g/mol. The first kappa shape index (κ1) is 26.5. The summed E-state index contributed by atoms with van der Waals surface area (Å²) >= 11 is 0. The van der Waals surface area contributed by atoms with Crippen LogP contribution in [0.1, 0.15) is 36.8 Å². The molecule has 200 valence electrons. The van der Waals surface area contributed by atoms with Gasteiger partial charge in [0.25, 0.3) is 0 Å². The van der Waals surface area contributed by atoms with E-state index < -0.39 is 48.9 Å². The Kier molecular flexibility index (Phi) is 7.73. The second-order valence-electron chi connectivity index (χ2n) is 8.90. The number of rotatable bonds is 8. The molecule has 2 aromatic heterocycles. The standard InChI is InChI=1S/C22H26F3N7O5/c1-12(22(23,24)25)5-16(35)19-26-7-15-20(30-19)32(13-3-2-4-31(15)8-13)21(36)29-17-6-18(28-11-27-17)37-10-14(34)9-33/h6-7,11-14,33-34H,2-5,8-10H2,1H3,(H,27,28,29,36)/t12-,13-,14+/m0/s1. The molecule has 1 saturated heterocycles. The number of fused-ring (bicyclic) bond motifs is 4. The lowest BCUT2D eigenvalue weighted by Gasteiger charge is -2.45. The number of carbonyl (C=O) groups is 2. The fourth-order valence-corrected chi connectivity index (χ4v) is 4.10. The molecule has 3 N–H and O–H groups in total. The van der Waals surface area contributed by atoms with Gasteiger partial charge in [0.05, 0.1) is 30.5 Å². The fraction of sp³-hybridized carbons (Fsp3) is 0.545. The van der Waals surface area contributed by atoms with Crippen molar-refractivity contribution >= 4 is 29.1 Å². The van der Waals surface area contributed by atoms with Crippen LogP contribution in [0.3, 0.4) is 0 Å². The van der Waals surface area contributed by atoms with Crippen molar-refractivity contribution in [3.63, 3.8) is 0 Å². The molecule has 2 aliphatic heterocycles. The third-order valence-electron chi connectivity index (χ3n) is 6.11. The summed E-state index contributed by atoms with van der Waals surface area (Å²) in [5.74, 6) is -2.87. The Labute approximate surface area is 209 Å². The summed E-state index contributed by atoms with van der Waals surface area (Å²) in [5, 5.41) is 21.0. The van der Waals surface area contributed by atoms with Crippen LogP contribution in [0.25, 0.3) is 0 Å². The summed E-state index contributed by atoms with van der Waals surface area (Å²) in [6, 6.07) is 0.409. The SMILES string of the molecule is C[C@@H](CC(=O)c1ncc2c(n1)N(C(=O)Nc1cc(OC[C@H](O)CO)ncn1)[C@H]1CCCN2C1)C(F)(F)F. The molecule has 2 aliphatic rings. The van der Waals surface area contributed by atoms with Gasteiger partial charge in [-0.25, -0.2) is 24.7 Å². The number of aliphatic hydroxyl groups excluding tert-OH is 2. The smallest absolute Gasteiger partial charge is 0.391 e. The van der Waals surface area contributed by atoms with Crippen LogP contribution >= 0.6 is 0 Å². The van der Waals surface area contributed by atoms with E-state index in [0.29, 0.717) is 25.2 Å². The number of hydrogen-bond donors (Lipinski definition) is 3. The van der Waals surface area contributed by atoms with E-state index in [2.05, 4.69) is 25.3 Å². The normalized spacial score (nSPS) is 18.6. The van der Waals surface area contributed by atoms with Gasteiger partial charge in [-0.05, 0) is 12.8 Å². The molecule has 37 heavy (non-hydrogen) atoms. The number of amides is 2. The number of nitrogens with zero attached hydrogens (tertiary/aromatic N) is 6. The number of ketones is 1. The minimum absolute atomic E-state index is 0.0506. The van der Waals surface area contributed by atoms with Gasteiger partial charge in [0.1, 0.15) is 24.9 Å². The maximum Gasteiger partial charge on any atom is 0.391 e. The summed E-state index contributed by atoms with van der Waals surface area (Å²) in [7, 11) is 0. The molecule has 12 nitrogen and oxygen atoms in total.